The zero-order valence-electron chi connectivity index (χ0n) is 22.4. The number of amides is 1. The lowest BCUT2D eigenvalue weighted by atomic mass is 10.1. The Bertz CT molecular complexity index is 1320. The third kappa shape index (κ3) is 7.06. The number of carbonyl (C=O) groups is 2. The molecule has 37 heavy (non-hydrogen) atoms. The number of anilines is 1. The van der Waals surface area contributed by atoms with Gasteiger partial charge in [0.15, 0.2) is 5.65 Å². The van der Waals surface area contributed by atoms with Crippen molar-refractivity contribution in [2.75, 3.05) is 25.9 Å². The van der Waals surface area contributed by atoms with Crippen molar-refractivity contribution in [2.45, 2.75) is 65.8 Å². The minimum absolute atomic E-state index is 0.0345. The average molecular weight is 505 g/mol. The first kappa shape index (κ1) is 27.7. The molecule has 0 spiro atoms. The second kappa shape index (κ2) is 12.9. The molecule has 2 N–H and O–H groups in total. The number of nitrogen functional groups attached to an aromatic ring is 1. The van der Waals surface area contributed by atoms with Crippen molar-refractivity contribution in [2.24, 2.45) is 0 Å². The van der Waals surface area contributed by atoms with E-state index in [2.05, 4.69) is 21.8 Å². The molecule has 3 heterocycles. The summed E-state index contributed by atoms with van der Waals surface area (Å²) in [7, 11) is 1.63. The van der Waals surface area contributed by atoms with Gasteiger partial charge in [-0.2, -0.15) is 5.10 Å². The number of Topliss-reactive ketones (excluding diaryl/α,β-unsaturated/α-hetero) is 1. The van der Waals surface area contributed by atoms with Gasteiger partial charge in [-0.25, -0.2) is 14.6 Å². The molecule has 9 heteroatoms. The number of ketones is 1. The van der Waals surface area contributed by atoms with E-state index in [4.69, 9.17) is 15.6 Å². The minimum Gasteiger partial charge on any atom is -0.497 e. The molecule has 1 fully saturated rings. The van der Waals surface area contributed by atoms with E-state index < -0.39 is 0 Å². The second-order valence-corrected chi connectivity index (χ2v) is 9.22. The Balaban J connectivity index is 0.000000568. The van der Waals surface area contributed by atoms with Gasteiger partial charge in [-0.1, -0.05) is 19.8 Å². The first-order chi connectivity index (χ1) is 17.8. The number of nitrogens with two attached hydrogens (primary N) is 1. The van der Waals surface area contributed by atoms with Crippen LogP contribution in [0.5, 0.6) is 5.75 Å². The molecule has 2 aromatic heterocycles. The van der Waals surface area contributed by atoms with Crippen molar-refractivity contribution in [3.63, 3.8) is 0 Å². The van der Waals surface area contributed by atoms with Crippen LogP contribution in [-0.2, 0) is 9.59 Å². The summed E-state index contributed by atoms with van der Waals surface area (Å²) in [4.78, 5) is 32.8. The van der Waals surface area contributed by atoms with Gasteiger partial charge in [-0.15, -0.1) is 0 Å². The largest absolute Gasteiger partial charge is 0.497 e. The van der Waals surface area contributed by atoms with E-state index in [1.54, 1.807) is 14.0 Å². The van der Waals surface area contributed by atoms with Gasteiger partial charge in [0.05, 0.1) is 18.5 Å². The summed E-state index contributed by atoms with van der Waals surface area (Å²) < 4.78 is 7.19. The molecule has 0 unspecified atom stereocenters. The maximum atomic E-state index is 12.3. The standard InChI is InChI=1S/C23H26N6O2.C5H10O/c1-4-5-20(30)28-9-8-17(13-28)29-23-21(22(24)25-14-26-23)19(27-29)7-6-16-10-15(2)11-18(12-16)31-3;1-3-4-5(2)6/h10-12,14,17H,4-5,8-9,13H2,1-3H3,(H2,24,25,26);3-4H2,1-2H3/t17-;/m0./s1. The fraction of sp³-hybridized carbons (Fsp3) is 0.464. The molecule has 4 rings (SSSR count). The lowest BCUT2D eigenvalue weighted by molar-refractivity contribution is -0.130. The Morgan fingerprint density at radius 2 is 1.89 bits per heavy atom. The Morgan fingerprint density at radius 1 is 1.14 bits per heavy atom. The van der Waals surface area contributed by atoms with E-state index in [-0.39, 0.29) is 17.7 Å². The predicted molar refractivity (Wildman–Crippen MR) is 144 cm³/mol. The first-order valence-electron chi connectivity index (χ1n) is 12.7. The zero-order valence-corrected chi connectivity index (χ0v) is 22.4. The summed E-state index contributed by atoms with van der Waals surface area (Å²) in [6.45, 7) is 8.96. The highest BCUT2D eigenvalue weighted by atomic mass is 16.5. The highest BCUT2D eigenvalue weighted by Gasteiger charge is 2.30. The quantitative estimate of drug-likeness (QED) is 0.503. The molecule has 3 aromatic rings. The van der Waals surface area contributed by atoms with Crippen molar-refractivity contribution in [3.05, 3.63) is 41.3 Å². The van der Waals surface area contributed by atoms with Crippen molar-refractivity contribution in [3.8, 4) is 17.6 Å². The molecule has 1 aliphatic heterocycles. The van der Waals surface area contributed by atoms with E-state index in [0.29, 0.717) is 35.5 Å². The summed E-state index contributed by atoms with van der Waals surface area (Å²) in [5.41, 5.74) is 9.23. The maximum Gasteiger partial charge on any atom is 0.222 e. The number of nitrogens with zero attached hydrogens (tertiary/aromatic N) is 5. The van der Waals surface area contributed by atoms with Gasteiger partial charge in [0, 0.05) is 31.5 Å². The highest BCUT2D eigenvalue weighted by molar-refractivity contribution is 5.90. The molecule has 196 valence electrons. The highest BCUT2D eigenvalue weighted by Crippen LogP contribution is 2.28. The summed E-state index contributed by atoms with van der Waals surface area (Å²) in [6.07, 6.45) is 5.39. The van der Waals surface area contributed by atoms with E-state index >= 15 is 0 Å². The number of rotatable bonds is 6. The smallest absolute Gasteiger partial charge is 0.222 e. The van der Waals surface area contributed by atoms with Gasteiger partial charge in [-0.3, -0.25) is 4.79 Å². The number of likely N-dealkylation sites (tertiary alicyclic amines) is 1. The van der Waals surface area contributed by atoms with Crippen molar-refractivity contribution < 1.29 is 14.3 Å². The molecule has 1 saturated heterocycles. The summed E-state index contributed by atoms with van der Waals surface area (Å²) in [5.74, 6) is 7.88. The number of hydrogen-bond acceptors (Lipinski definition) is 7. The number of fused-ring (bicyclic) bond motifs is 1. The third-order valence-electron chi connectivity index (χ3n) is 6.06. The molecule has 0 radical (unpaired) electrons. The number of aromatic nitrogens is 4. The normalized spacial score (nSPS) is 14.5. The SMILES string of the molecule is CCCC(=O)N1CC[C@H](n2nc(C#Cc3cc(C)cc(OC)c3)c3c(N)ncnc32)C1.CCCC(C)=O. The molecule has 1 amide bonds. The molecule has 1 aromatic carbocycles. The second-order valence-electron chi connectivity index (χ2n) is 9.22. The number of hydrogen-bond donors (Lipinski definition) is 1. The van der Waals surface area contributed by atoms with Gasteiger partial charge >= 0.3 is 0 Å². The number of carbonyl (C=O) groups excluding carboxylic acids is 2. The molecular formula is C28H36N6O3. The Labute approximate surface area is 218 Å². The molecular weight excluding hydrogens is 468 g/mol. The average Bonchev–Trinajstić information content (AvgIpc) is 3.49. The maximum absolute atomic E-state index is 12.3. The van der Waals surface area contributed by atoms with Crippen molar-refractivity contribution in [1.82, 2.24) is 24.6 Å². The molecule has 0 bridgehead atoms. The fourth-order valence-corrected chi connectivity index (χ4v) is 4.30. The lowest BCUT2D eigenvalue weighted by Crippen LogP contribution is -2.28. The van der Waals surface area contributed by atoms with Gasteiger partial charge in [-0.05, 0) is 62.8 Å². The van der Waals surface area contributed by atoms with Crippen LogP contribution in [0, 0.1) is 18.8 Å². The van der Waals surface area contributed by atoms with Crippen LogP contribution < -0.4 is 10.5 Å². The van der Waals surface area contributed by atoms with Crippen LogP contribution in [0.3, 0.4) is 0 Å². The molecule has 9 nitrogen and oxygen atoms in total. The Morgan fingerprint density at radius 3 is 2.54 bits per heavy atom. The van der Waals surface area contributed by atoms with Gasteiger partial charge in [0.25, 0.3) is 0 Å². The van der Waals surface area contributed by atoms with Crippen LogP contribution in [0.2, 0.25) is 0 Å². The van der Waals surface area contributed by atoms with Gasteiger partial charge in [0.2, 0.25) is 5.91 Å². The summed E-state index contributed by atoms with van der Waals surface area (Å²) >= 11 is 0. The third-order valence-corrected chi connectivity index (χ3v) is 6.06. The van der Waals surface area contributed by atoms with Crippen LogP contribution in [0.15, 0.2) is 24.5 Å². The topological polar surface area (TPSA) is 116 Å². The van der Waals surface area contributed by atoms with E-state index in [9.17, 15) is 9.59 Å². The number of ether oxygens (including phenoxy) is 1. The number of aryl methyl sites for hydroxylation is 1. The van der Waals surface area contributed by atoms with Gasteiger partial charge in [0.1, 0.15) is 29.4 Å². The van der Waals surface area contributed by atoms with Crippen LogP contribution >= 0.6 is 0 Å². The minimum atomic E-state index is 0.0345. The zero-order chi connectivity index (χ0) is 26.9. The molecule has 1 atom stereocenters. The van der Waals surface area contributed by atoms with E-state index in [0.717, 1.165) is 49.1 Å². The predicted octanol–water partition coefficient (Wildman–Crippen LogP) is 4.07. The number of benzene rings is 1. The summed E-state index contributed by atoms with van der Waals surface area (Å²) in [5, 5.41) is 5.39. The Hall–Kier alpha value is -3.93. The van der Waals surface area contributed by atoms with E-state index in [1.807, 2.05) is 48.6 Å². The lowest BCUT2D eigenvalue weighted by Gasteiger charge is -2.16. The Kier molecular flexibility index (Phi) is 9.61. The van der Waals surface area contributed by atoms with Gasteiger partial charge < -0.3 is 20.2 Å². The van der Waals surface area contributed by atoms with Crippen molar-refractivity contribution >= 4 is 28.5 Å². The number of methoxy groups -OCH3 is 1. The molecule has 1 aliphatic rings. The molecule has 0 saturated carbocycles. The molecule has 0 aliphatic carbocycles. The van der Waals surface area contributed by atoms with Crippen LogP contribution in [0.4, 0.5) is 5.82 Å². The summed E-state index contributed by atoms with van der Waals surface area (Å²) in [6, 6.07) is 5.86. The monoisotopic (exact) mass is 504 g/mol. The first-order valence-corrected chi connectivity index (χ1v) is 12.7. The van der Waals surface area contributed by atoms with E-state index in [1.165, 1.54) is 6.33 Å². The van der Waals surface area contributed by atoms with Crippen LogP contribution in [0.1, 0.15) is 75.7 Å². The fourth-order valence-electron chi connectivity index (χ4n) is 4.30. The van der Waals surface area contributed by atoms with Crippen LogP contribution in [0.25, 0.3) is 11.0 Å². The van der Waals surface area contributed by atoms with Crippen molar-refractivity contribution in [1.29, 1.82) is 0 Å². The van der Waals surface area contributed by atoms with Crippen LogP contribution in [-0.4, -0.2) is 56.5 Å².